The molecular formula is C15H12ClN5OS. The Kier molecular flexibility index (Phi) is 5.28. The number of amides is 1. The molecule has 116 valence electrons. The second-order valence-corrected chi connectivity index (χ2v) is 6.16. The van der Waals surface area contributed by atoms with Crippen molar-refractivity contribution in [3.05, 3.63) is 45.5 Å². The molecule has 1 amide bonds. The lowest BCUT2D eigenvalue weighted by Crippen LogP contribution is -2.32. The Morgan fingerprint density at radius 3 is 2.52 bits per heavy atom. The fourth-order valence-corrected chi connectivity index (χ4v) is 3.16. The first-order valence-electron chi connectivity index (χ1n) is 6.52. The number of rotatable bonds is 4. The minimum absolute atomic E-state index is 0.0259. The van der Waals surface area contributed by atoms with E-state index >= 15 is 0 Å². The molecule has 1 aliphatic heterocycles. The topological polar surface area (TPSA) is 129 Å². The summed E-state index contributed by atoms with van der Waals surface area (Å²) in [5.74, 6) is -1.77. The van der Waals surface area contributed by atoms with Crippen LogP contribution in [0.3, 0.4) is 0 Å². The number of allylic oxidation sites excluding steroid dienone is 1. The third-order valence-corrected chi connectivity index (χ3v) is 4.53. The number of nitrogens with zero attached hydrogens (tertiary/aromatic N) is 3. The molecule has 1 aromatic rings. The second kappa shape index (κ2) is 7.19. The summed E-state index contributed by atoms with van der Waals surface area (Å²) in [6.45, 7) is 0. The number of nitrogens with two attached hydrogens (primary N) is 2. The van der Waals surface area contributed by atoms with Crippen LogP contribution in [0.1, 0.15) is 11.5 Å². The molecule has 8 heteroatoms. The summed E-state index contributed by atoms with van der Waals surface area (Å²) in [5, 5.41) is 19.8. The highest BCUT2D eigenvalue weighted by molar-refractivity contribution is 8.03. The lowest BCUT2D eigenvalue weighted by Gasteiger charge is -2.26. The summed E-state index contributed by atoms with van der Waals surface area (Å²) in [6.07, 6.45) is 0. The van der Waals surface area contributed by atoms with E-state index in [1.54, 1.807) is 24.3 Å². The number of carbonyl (C=O) groups excluding carboxylic acids is 1. The Morgan fingerprint density at radius 1 is 1.35 bits per heavy atom. The summed E-state index contributed by atoms with van der Waals surface area (Å²) in [5.41, 5.74) is 12.0. The molecule has 0 spiro atoms. The van der Waals surface area contributed by atoms with Gasteiger partial charge in [0.2, 0.25) is 5.91 Å². The van der Waals surface area contributed by atoms with Crippen LogP contribution in [0.2, 0.25) is 5.02 Å². The number of thioether (sulfide) groups is 1. The molecular weight excluding hydrogens is 334 g/mol. The monoisotopic (exact) mass is 345 g/mol. The van der Waals surface area contributed by atoms with Gasteiger partial charge in [0.05, 0.1) is 23.5 Å². The van der Waals surface area contributed by atoms with Gasteiger partial charge in [-0.05, 0) is 17.7 Å². The van der Waals surface area contributed by atoms with Crippen LogP contribution in [0.15, 0.2) is 39.9 Å². The van der Waals surface area contributed by atoms with Gasteiger partial charge in [0.1, 0.15) is 16.8 Å². The third-order valence-electron chi connectivity index (χ3n) is 3.26. The van der Waals surface area contributed by atoms with Crippen LogP contribution in [0, 0.1) is 28.6 Å². The van der Waals surface area contributed by atoms with Crippen LogP contribution in [0.25, 0.3) is 0 Å². The number of hydrogen-bond donors (Lipinski definition) is 2. The molecule has 23 heavy (non-hydrogen) atoms. The average Bonchev–Trinajstić information content (AvgIpc) is 2.53. The van der Waals surface area contributed by atoms with Crippen LogP contribution in [-0.4, -0.2) is 17.5 Å². The SMILES string of the molecule is N#CC1=C(SCC(N)=O)N=C(N)C(C#N)C1c1ccc(Cl)cc1. The van der Waals surface area contributed by atoms with Crippen molar-refractivity contribution < 1.29 is 4.79 Å². The van der Waals surface area contributed by atoms with E-state index in [0.29, 0.717) is 15.6 Å². The number of primary amides is 1. The number of aliphatic imine (C=N–C) groups is 1. The van der Waals surface area contributed by atoms with E-state index in [9.17, 15) is 15.3 Å². The van der Waals surface area contributed by atoms with E-state index in [1.807, 2.05) is 0 Å². The van der Waals surface area contributed by atoms with Gasteiger partial charge in [-0.2, -0.15) is 10.5 Å². The molecule has 0 aromatic heterocycles. The molecule has 6 nitrogen and oxygen atoms in total. The van der Waals surface area contributed by atoms with Crippen molar-refractivity contribution in [2.75, 3.05) is 5.75 Å². The van der Waals surface area contributed by atoms with Crippen LogP contribution >= 0.6 is 23.4 Å². The van der Waals surface area contributed by atoms with Crippen molar-refractivity contribution in [3.63, 3.8) is 0 Å². The maximum absolute atomic E-state index is 11.0. The lowest BCUT2D eigenvalue weighted by molar-refractivity contribution is -0.115. The molecule has 0 saturated carbocycles. The predicted molar refractivity (Wildman–Crippen MR) is 89.2 cm³/mol. The van der Waals surface area contributed by atoms with Gasteiger partial charge in [0, 0.05) is 10.9 Å². The van der Waals surface area contributed by atoms with E-state index in [1.165, 1.54) is 0 Å². The summed E-state index contributed by atoms with van der Waals surface area (Å²) in [4.78, 5) is 15.1. The van der Waals surface area contributed by atoms with Crippen molar-refractivity contribution >= 4 is 35.1 Å². The van der Waals surface area contributed by atoms with Gasteiger partial charge in [0.25, 0.3) is 0 Å². The summed E-state index contributed by atoms with van der Waals surface area (Å²) >= 11 is 6.92. The normalized spacial score (nSPS) is 20.4. The van der Waals surface area contributed by atoms with E-state index < -0.39 is 17.7 Å². The zero-order valence-corrected chi connectivity index (χ0v) is 13.4. The molecule has 2 unspecified atom stereocenters. The van der Waals surface area contributed by atoms with Gasteiger partial charge >= 0.3 is 0 Å². The molecule has 1 heterocycles. The quantitative estimate of drug-likeness (QED) is 0.860. The Hall–Kier alpha value is -2.48. The number of halogens is 1. The largest absolute Gasteiger partial charge is 0.386 e. The summed E-state index contributed by atoms with van der Waals surface area (Å²) in [6, 6.07) is 11.0. The first-order valence-corrected chi connectivity index (χ1v) is 7.88. The van der Waals surface area contributed by atoms with Gasteiger partial charge in [0.15, 0.2) is 0 Å². The molecule has 2 atom stereocenters. The zero-order valence-electron chi connectivity index (χ0n) is 11.9. The van der Waals surface area contributed by atoms with Crippen molar-refractivity contribution in [2.24, 2.45) is 22.4 Å². The highest BCUT2D eigenvalue weighted by atomic mass is 35.5. The minimum Gasteiger partial charge on any atom is -0.386 e. The van der Waals surface area contributed by atoms with Crippen molar-refractivity contribution in [1.29, 1.82) is 10.5 Å². The van der Waals surface area contributed by atoms with Crippen molar-refractivity contribution in [1.82, 2.24) is 0 Å². The smallest absolute Gasteiger partial charge is 0.227 e. The molecule has 4 N–H and O–H groups in total. The molecule has 1 aliphatic rings. The van der Waals surface area contributed by atoms with Crippen LogP contribution in [0.4, 0.5) is 0 Å². The summed E-state index contributed by atoms with van der Waals surface area (Å²) in [7, 11) is 0. The molecule has 0 fully saturated rings. The number of carbonyl (C=O) groups is 1. The number of amidine groups is 1. The lowest BCUT2D eigenvalue weighted by atomic mass is 9.80. The molecule has 0 radical (unpaired) electrons. The summed E-state index contributed by atoms with van der Waals surface area (Å²) < 4.78 is 0. The van der Waals surface area contributed by atoms with Crippen molar-refractivity contribution in [2.45, 2.75) is 5.92 Å². The van der Waals surface area contributed by atoms with Crippen molar-refractivity contribution in [3.8, 4) is 12.1 Å². The molecule has 0 bridgehead atoms. The Balaban J connectivity index is 2.53. The van der Waals surface area contributed by atoms with E-state index in [2.05, 4.69) is 17.1 Å². The molecule has 2 rings (SSSR count). The maximum Gasteiger partial charge on any atom is 0.227 e. The van der Waals surface area contributed by atoms with Crippen LogP contribution in [-0.2, 0) is 4.79 Å². The van der Waals surface area contributed by atoms with Crippen LogP contribution in [0.5, 0.6) is 0 Å². The number of nitriles is 2. The van der Waals surface area contributed by atoms with Gasteiger partial charge in [-0.1, -0.05) is 35.5 Å². The standard InChI is InChI=1S/C15H12ClN5OS/c16-9-3-1-8(2-4-9)13-10(5-17)14(20)21-15(11(13)6-18)23-7-12(19)22/h1-4,10,13H,7H2,(H2,19,22)(H2,20,21). The average molecular weight is 346 g/mol. The highest BCUT2D eigenvalue weighted by Gasteiger charge is 2.35. The van der Waals surface area contributed by atoms with E-state index in [-0.39, 0.29) is 11.6 Å². The molecule has 0 aliphatic carbocycles. The Labute approximate surface area is 142 Å². The maximum atomic E-state index is 11.0. The van der Waals surface area contributed by atoms with E-state index in [4.69, 9.17) is 23.1 Å². The molecule has 1 aromatic carbocycles. The van der Waals surface area contributed by atoms with Gasteiger partial charge in [-0.15, -0.1) is 0 Å². The first kappa shape index (κ1) is 16.9. The zero-order chi connectivity index (χ0) is 17.0. The first-order chi connectivity index (χ1) is 11.0. The van der Waals surface area contributed by atoms with Gasteiger partial charge < -0.3 is 11.5 Å². The predicted octanol–water partition coefficient (Wildman–Crippen LogP) is 1.89. The second-order valence-electron chi connectivity index (χ2n) is 4.76. The van der Waals surface area contributed by atoms with Crippen LogP contribution < -0.4 is 11.5 Å². The highest BCUT2D eigenvalue weighted by Crippen LogP contribution is 2.40. The molecule has 0 saturated heterocycles. The van der Waals surface area contributed by atoms with E-state index in [0.717, 1.165) is 17.3 Å². The number of hydrogen-bond acceptors (Lipinski definition) is 6. The fraction of sp³-hybridized carbons (Fsp3) is 0.200. The number of benzene rings is 1. The van der Waals surface area contributed by atoms with Gasteiger partial charge in [-0.25, -0.2) is 4.99 Å². The Bertz CT molecular complexity index is 773. The third kappa shape index (κ3) is 3.65. The van der Waals surface area contributed by atoms with Gasteiger partial charge in [-0.3, -0.25) is 4.79 Å². The fourth-order valence-electron chi connectivity index (χ4n) is 2.25. The minimum atomic E-state index is -0.760. The Morgan fingerprint density at radius 2 is 2.00 bits per heavy atom.